The molecule has 28 heavy (non-hydrogen) atoms. The van der Waals surface area contributed by atoms with E-state index < -0.39 is 10.8 Å². The molecule has 2 N–H and O–H groups in total. The summed E-state index contributed by atoms with van der Waals surface area (Å²) in [4.78, 5) is 4.46. The number of hydrogen-bond donors (Lipinski definition) is 2. The summed E-state index contributed by atoms with van der Waals surface area (Å²) in [7, 11) is 0.426. The van der Waals surface area contributed by atoms with Crippen LogP contribution in [0, 0.1) is 13.8 Å². The molecule has 0 saturated heterocycles. The maximum absolute atomic E-state index is 12.9. The van der Waals surface area contributed by atoms with E-state index >= 15 is 0 Å². The van der Waals surface area contributed by atoms with Gasteiger partial charge in [0.25, 0.3) is 0 Å². The summed E-state index contributed by atoms with van der Waals surface area (Å²) in [6, 6.07) is 5.87. The summed E-state index contributed by atoms with van der Waals surface area (Å²) >= 11 is 0. The zero-order valence-electron chi connectivity index (χ0n) is 16.8. The Morgan fingerprint density at radius 1 is 1.29 bits per heavy atom. The van der Waals surface area contributed by atoms with Gasteiger partial charge in [-0.15, -0.1) is 0 Å². The summed E-state index contributed by atoms with van der Waals surface area (Å²) in [5, 5.41) is 6.58. The van der Waals surface area contributed by atoms with Gasteiger partial charge in [0.05, 0.1) is 47.3 Å². The first kappa shape index (κ1) is 20.2. The molecule has 2 aromatic rings. The quantitative estimate of drug-likeness (QED) is 0.647. The van der Waals surface area contributed by atoms with Gasteiger partial charge >= 0.3 is 0 Å². The number of hydrogen-bond acceptors (Lipinski definition) is 6. The molecule has 0 saturated carbocycles. The fraction of sp³-hybridized carbons (Fsp3) is 0.381. The van der Waals surface area contributed by atoms with Gasteiger partial charge in [-0.05, 0) is 38.5 Å². The highest BCUT2D eigenvalue weighted by Crippen LogP contribution is 2.33. The normalized spacial score (nSPS) is 15.9. The minimum Gasteiger partial charge on any atom is -0.496 e. The molecule has 1 aliphatic rings. The third-order valence-corrected chi connectivity index (χ3v) is 6.01. The molecule has 3 rings (SSSR count). The molecule has 0 bridgehead atoms. The van der Waals surface area contributed by atoms with Crippen LogP contribution in [0.5, 0.6) is 5.75 Å². The monoisotopic (exact) mass is 401 g/mol. The number of aromatic nitrogens is 1. The lowest BCUT2D eigenvalue weighted by atomic mass is 10.1. The molecule has 2 heterocycles. The molecule has 2 atom stereocenters. The molecule has 1 aromatic heterocycles. The molecule has 6 nitrogen and oxygen atoms in total. The molecule has 0 radical (unpaired) electrons. The van der Waals surface area contributed by atoms with Crippen molar-refractivity contribution >= 4 is 27.9 Å². The molecule has 0 aliphatic carbocycles. The molecule has 7 heteroatoms. The molecule has 1 aliphatic heterocycles. The van der Waals surface area contributed by atoms with E-state index in [1.807, 2.05) is 32.0 Å². The largest absolute Gasteiger partial charge is 0.496 e. The van der Waals surface area contributed by atoms with Crippen LogP contribution in [0.3, 0.4) is 0 Å². The van der Waals surface area contributed by atoms with E-state index in [-0.39, 0.29) is 5.50 Å². The maximum atomic E-state index is 12.9. The molecule has 0 fully saturated rings. The van der Waals surface area contributed by atoms with Crippen LogP contribution in [0.2, 0.25) is 0 Å². The van der Waals surface area contributed by atoms with Crippen LogP contribution >= 0.6 is 0 Å². The highest BCUT2D eigenvalue weighted by molar-refractivity contribution is 7.85. The van der Waals surface area contributed by atoms with Gasteiger partial charge in [0.15, 0.2) is 5.50 Å². The number of methoxy groups -OCH3 is 1. The van der Waals surface area contributed by atoms with Crippen molar-refractivity contribution < 1.29 is 13.7 Å². The lowest BCUT2D eigenvalue weighted by Gasteiger charge is -2.15. The van der Waals surface area contributed by atoms with E-state index in [4.69, 9.17) is 9.47 Å². The minimum absolute atomic E-state index is 0.334. The van der Waals surface area contributed by atoms with Gasteiger partial charge in [-0.3, -0.25) is 9.19 Å². The van der Waals surface area contributed by atoms with Crippen LogP contribution in [0.1, 0.15) is 35.7 Å². The standard InChI is InChI=1S/C21H27N3O3S/c1-6-9-27-15(4)16-7-8-17-18(10-16)24-21(23-17)28(25)12-19-14(3)20(26-5)13(2)11-22-19/h7-8,10-11,21,23-24H,4,6,9,12H2,1-3,5H3. The lowest BCUT2D eigenvalue weighted by molar-refractivity contribution is 0.278. The highest BCUT2D eigenvalue weighted by Gasteiger charge is 2.26. The average Bonchev–Trinajstić information content (AvgIpc) is 3.12. The molecule has 150 valence electrons. The number of ether oxygens (including phenoxy) is 2. The summed E-state index contributed by atoms with van der Waals surface area (Å²) in [5.41, 5.74) is 5.01. The maximum Gasteiger partial charge on any atom is 0.175 e. The van der Waals surface area contributed by atoms with E-state index in [0.29, 0.717) is 18.1 Å². The van der Waals surface area contributed by atoms with Crippen molar-refractivity contribution in [2.24, 2.45) is 0 Å². The predicted octanol–water partition coefficient (Wildman–Crippen LogP) is 4.17. The molecule has 0 amide bonds. The molecular weight excluding hydrogens is 374 g/mol. The van der Waals surface area contributed by atoms with Gasteiger partial charge in [-0.1, -0.05) is 13.5 Å². The third-order valence-electron chi connectivity index (χ3n) is 4.69. The van der Waals surface area contributed by atoms with E-state index in [1.165, 1.54) is 0 Å². The Kier molecular flexibility index (Phi) is 6.24. The van der Waals surface area contributed by atoms with Gasteiger partial charge in [0, 0.05) is 22.9 Å². The van der Waals surface area contributed by atoms with Gasteiger partial charge in [-0.2, -0.15) is 0 Å². The van der Waals surface area contributed by atoms with E-state index in [0.717, 1.165) is 45.9 Å². The van der Waals surface area contributed by atoms with Crippen molar-refractivity contribution in [2.45, 2.75) is 38.4 Å². The number of pyridine rings is 1. The average molecular weight is 402 g/mol. The molecule has 1 aromatic carbocycles. The number of anilines is 2. The second-order valence-electron chi connectivity index (χ2n) is 6.77. The van der Waals surface area contributed by atoms with Crippen molar-refractivity contribution in [1.82, 2.24) is 4.98 Å². The number of nitrogens with zero attached hydrogens (tertiary/aromatic N) is 1. The fourth-order valence-electron chi connectivity index (χ4n) is 3.16. The zero-order valence-corrected chi connectivity index (χ0v) is 17.6. The van der Waals surface area contributed by atoms with Crippen LogP contribution in [-0.2, 0) is 21.3 Å². The van der Waals surface area contributed by atoms with E-state index in [1.54, 1.807) is 13.3 Å². The SMILES string of the molecule is C=C(OCCC)c1ccc2c(c1)NC(S(=O)Cc1ncc(C)c(OC)c1C)N2. The zero-order chi connectivity index (χ0) is 20.3. The molecular formula is C21H27N3O3S. The van der Waals surface area contributed by atoms with Crippen molar-refractivity contribution in [3.8, 4) is 5.75 Å². The number of nitrogens with one attached hydrogen (secondary N) is 2. The van der Waals surface area contributed by atoms with Crippen LogP contribution in [-0.4, -0.2) is 28.4 Å². The summed E-state index contributed by atoms with van der Waals surface area (Å²) < 4.78 is 24.0. The van der Waals surface area contributed by atoms with Gasteiger partial charge < -0.3 is 20.1 Å². The lowest BCUT2D eigenvalue weighted by Crippen LogP contribution is -2.29. The van der Waals surface area contributed by atoms with Gasteiger partial charge in [-0.25, -0.2) is 0 Å². The van der Waals surface area contributed by atoms with E-state index in [2.05, 4.69) is 29.1 Å². The number of rotatable bonds is 8. The van der Waals surface area contributed by atoms with Crippen LogP contribution in [0.4, 0.5) is 11.4 Å². The number of aryl methyl sites for hydroxylation is 1. The van der Waals surface area contributed by atoms with Crippen molar-refractivity contribution in [2.75, 3.05) is 24.4 Å². The van der Waals surface area contributed by atoms with E-state index in [9.17, 15) is 4.21 Å². The first-order chi connectivity index (χ1) is 13.4. The van der Waals surface area contributed by atoms with Crippen molar-refractivity contribution in [3.05, 3.63) is 53.4 Å². The molecule has 0 spiro atoms. The number of fused-ring (bicyclic) bond motifs is 1. The van der Waals surface area contributed by atoms with Crippen LogP contribution in [0.25, 0.3) is 5.76 Å². The van der Waals surface area contributed by atoms with Crippen molar-refractivity contribution in [1.29, 1.82) is 0 Å². The Hall–Kier alpha value is -2.54. The number of benzene rings is 1. The topological polar surface area (TPSA) is 72.5 Å². The third kappa shape index (κ3) is 4.14. The first-order valence-corrected chi connectivity index (χ1v) is 10.7. The highest BCUT2D eigenvalue weighted by atomic mass is 32.2. The van der Waals surface area contributed by atoms with Gasteiger partial charge in [0.2, 0.25) is 0 Å². The Morgan fingerprint density at radius 2 is 2.04 bits per heavy atom. The van der Waals surface area contributed by atoms with Crippen LogP contribution in [0.15, 0.2) is 31.0 Å². The van der Waals surface area contributed by atoms with Crippen LogP contribution < -0.4 is 15.4 Å². The summed E-state index contributed by atoms with van der Waals surface area (Å²) in [6.45, 7) is 10.6. The predicted molar refractivity (Wildman–Crippen MR) is 115 cm³/mol. The second kappa shape index (κ2) is 8.65. The van der Waals surface area contributed by atoms with Gasteiger partial charge in [0.1, 0.15) is 11.5 Å². The summed E-state index contributed by atoms with van der Waals surface area (Å²) in [6.07, 6.45) is 2.69. The van der Waals surface area contributed by atoms with Crippen molar-refractivity contribution in [3.63, 3.8) is 0 Å². The Bertz CT molecular complexity index is 914. The molecule has 2 unspecified atom stereocenters. The minimum atomic E-state index is -1.22. The summed E-state index contributed by atoms with van der Waals surface area (Å²) in [5.74, 6) is 1.77. The Morgan fingerprint density at radius 3 is 2.75 bits per heavy atom. The fourth-order valence-corrected chi connectivity index (χ4v) is 4.40. The Balaban J connectivity index is 1.70. The second-order valence-corrected chi connectivity index (χ2v) is 8.29. The Labute approximate surface area is 168 Å². The smallest absolute Gasteiger partial charge is 0.175 e. The first-order valence-electron chi connectivity index (χ1n) is 9.30.